The van der Waals surface area contributed by atoms with Crippen molar-refractivity contribution in [1.82, 2.24) is 9.55 Å². The molecule has 0 saturated carbocycles. The van der Waals surface area contributed by atoms with Crippen molar-refractivity contribution in [2.75, 3.05) is 0 Å². The molecule has 0 unspecified atom stereocenters. The molecule has 2 heterocycles. The molecule has 102 valence electrons. The van der Waals surface area contributed by atoms with Gasteiger partial charge in [-0.1, -0.05) is 36.4 Å². The Labute approximate surface area is 121 Å². The van der Waals surface area contributed by atoms with Crippen molar-refractivity contribution in [2.24, 2.45) is 0 Å². The Morgan fingerprint density at radius 3 is 2.00 bits per heavy atom. The number of aryl methyl sites for hydroxylation is 1. The molecule has 0 aliphatic carbocycles. The number of H-pyrrole nitrogens is 1. The Kier molecular flexibility index (Phi) is 2.48. The number of nitrogens with zero attached hydrogens (tertiary/aromatic N) is 1. The third-order valence-corrected chi connectivity index (χ3v) is 3.80. The quantitative estimate of drug-likeness (QED) is 0.563. The van der Waals surface area contributed by atoms with Crippen LogP contribution < -0.4 is 5.56 Å². The highest BCUT2D eigenvalue weighted by Gasteiger charge is 2.11. The highest BCUT2D eigenvalue weighted by molar-refractivity contribution is 6.09. The number of aromatic nitrogens is 2. The van der Waals surface area contributed by atoms with Gasteiger partial charge in [-0.3, -0.25) is 4.79 Å². The molecule has 4 aromatic rings. The molecule has 1 N–H and O–H groups in total. The molecular formula is C18H14N2O. The van der Waals surface area contributed by atoms with Gasteiger partial charge in [0, 0.05) is 22.5 Å². The lowest BCUT2D eigenvalue weighted by Gasteiger charge is -2.08. The minimum Gasteiger partial charge on any atom is -0.326 e. The first-order valence-electron chi connectivity index (χ1n) is 6.93. The van der Waals surface area contributed by atoms with Crippen LogP contribution in [-0.2, 0) is 0 Å². The van der Waals surface area contributed by atoms with Crippen molar-refractivity contribution in [3.63, 3.8) is 0 Å². The summed E-state index contributed by atoms with van der Waals surface area (Å²) in [6.07, 6.45) is 0. The van der Waals surface area contributed by atoms with Gasteiger partial charge in [-0.2, -0.15) is 0 Å². The van der Waals surface area contributed by atoms with Crippen LogP contribution in [0.1, 0.15) is 5.69 Å². The van der Waals surface area contributed by atoms with E-state index >= 15 is 0 Å². The van der Waals surface area contributed by atoms with Crippen LogP contribution in [0.5, 0.6) is 0 Å². The maximum absolute atomic E-state index is 11.8. The summed E-state index contributed by atoms with van der Waals surface area (Å²) in [6, 6.07) is 20.2. The number of pyridine rings is 1. The van der Waals surface area contributed by atoms with Gasteiger partial charge < -0.3 is 9.55 Å². The zero-order valence-corrected chi connectivity index (χ0v) is 11.6. The molecular weight excluding hydrogens is 260 g/mol. The van der Waals surface area contributed by atoms with Crippen LogP contribution in [0.15, 0.2) is 65.5 Å². The maximum Gasteiger partial charge on any atom is 0.250 e. The van der Waals surface area contributed by atoms with Crippen molar-refractivity contribution in [3.8, 4) is 5.69 Å². The smallest absolute Gasteiger partial charge is 0.250 e. The average Bonchev–Trinajstić information content (AvgIpc) is 2.81. The zero-order valence-electron chi connectivity index (χ0n) is 11.6. The van der Waals surface area contributed by atoms with Gasteiger partial charge >= 0.3 is 0 Å². The number of hydrogen-bond acceptors (Lipinski definition) is 1. The molecule has 0 amide bonds. The first-order chi connectivity index (χ1) is 10.2. The summed E-state index contributed by atoms with van der Waals surface area (Å²) in [6.45, 7) is 1.90. The van der Waals surface area contributed by atoms with Crippen molar-refractivity contribution in [2.45, 2.75) is 6.92 Å². The van der Waals surface area contributed by atoms with Crippen LogP contribution in [0.4, 0.5) is 0 Å². The fourth-order valence-electron chi connectivity index (χ4n) is 2.99. The van der Waals surface area contributed by atoms with Gasteiger partial charge in [-0.15, -0.1) is 0 Å². The highest BCUT2D eigenvalue weighted by atomic mass is 16.1. The number of nitrogens with one attached hydrogen (secondary N) is 1. The SMILES string of the molecule is Cc1cc(-n2c3ccccc3c3ccccc32)cc(=O)[nH]1. The molecule has 3 nitrogen and oxygen atoms in total. The molecule has 0 saturated heterocycles. The summed E-state index contributed by atoms with van der Waals surface area (Å²) >= 11 is 0. The van der Waals surface area contributed by atoms with E-state index < -0.39 is 0 Å². The third-order valence-electron chi connectivity index (χ3n) is 3.80. The summed E-state index contributed by atoms with van der Waals surface area (Å²) in [5.74, 6) is 0. The van der Waals surface area contributed by atoms with Gasteiger partial charge in [0.05, 0.1) is 16.7 Å². The molecule has 2 aromatic carbocycles. The molecule has 3 heteroatoms. The van der Waals surface area contributed by atoms with E-state index in [4.69, 9.17) is 0 Å². The van der Waals surface area contributed by atoms with E-state index in [1.807, 2.05) is 37.3 Å². The first-order valence-corrected chi connectivity index (χ1v) is 6.93. The lowest BCUT2D eigenvalue weighted by atomic mass is 10.2. The summed E-state index contributed by atoms with van der Waals surface area (Å²) in [4.78, 5) is 14.6. The monoisotopic (exact) mass is 274 g/mol. The number of hydrogen-bond donors (Lipinski definition) is 1. The Hall–Kier alpha value is -2.81. The summed E-state index contributed by atoms with van der Waals surface area (Å²) in [5, 5.41) is 2.40. The van der Waals surface area contributed by atoms with Crippen molar-refractivity contribution in [3.05, 3.63) is 76.7 Å². The zero-order chi connectivity index (χ0) is 14.4. The first kappa shape index (κ1) is 12.0. The summed E-state index contributed by atoms with van der Waals surface area (Å²) in [7, 11) is 0. The molecule has 21 heavy (non-hydrogen) atoms. The molecule has 4 rings (SSSR count). The fourth-order valence-corrected chi connectivity index (χ4v) is 2.99. The Bertz CT molecular complexity index is 971. The number of aromatic amines is 1. The fraction of sp³-hybridized carbons (Fsp3) is 0.0556. The Morgan fingerprint density at radius 1 is 0.857 bits per heavy atom. The minimum absolute atomic E-state index is 0.0770. The van der Waals surface area contributed by atoms with Crippen molar-refractivity contribution < 1.29 is 0 Å². The standard InChI is InChI=1S/C18H14N2O/c1-12-10-13(11-18(21)19-12)20-16-8-4-2-6-14(16)15-7-3-5-9-17(15)20/h2-11H,1H3,(H,19,21). The number of rotatable bonds is 1. The Balaban J connectivity index is 2.22. The largest absolute Gasteiger partial charge is 0.326 e. The minimum atomic E-state index is -0.0770. The van der Waals surface area contributed by atoms with Crippen LogP contribution in [0, 0.1) is 6.92 Å². The average molecular weight is 274 g/mol. The van der Waals surface area contributed by atoms with Crippen LogP contribution in [0.2, 0.25) is 0 Å². The summed E-state index contributed by atoms with van der Waals surface area (Å²) in [5.41, 5.74) is 3.91. The normalized spacial score (nSPS) is 11.3. The van der Waals surface area contributed by atoms with Crippen molar-refractivity contribution >= 4 is 21.8 Å². The number of fused-ring (bicyclic) bond motifs is 3. The second-order valence-corrected chi connectivity index (χ2v) is 5.26. The lowest BCUT2D eigenvalue weighted by molar-refractivity contribution is 1.08. The number of para-hydroxylation sites is 2. The van der Waals surface area contributed by atoms with E-state index in [-0.39, 0.29) is 5.56 Å². The lowest BCUT2D eigenvalue weighted by Crippen LogP contribution is -2.08. The van der Waals surface area contributed by atoms with E-state index in [0.29, 0.717) is 0 Å². The Morgan fingerprint density at radius 2 is 1.43 bits per heavy atom. The third kappa shape index (κ3) is 1.78. The van der Waals surface area contributed by atoms with Crippen LogP contribution in [0.25, 0.3) is 27.5 Å². The van der Waals surface area contributed by atoms with Gasteiger partial charge in [0.15, 0.2) is 0 Å². The second-order valence-electron chi connectivity index (χ2n) is 5.26. The van der Waals surface area contributed by atoms with Crippen LogP contribution >= 0.6 is 0 Å². The summed E-state index contributed by atoms with van der Waals surface area (Å²) < 4.78 is 2.15. The van der Waals surface area contributed by atoms with Gasteiger partial charge in [-0.25, -0.2) is 0 Å². The van der Waals surface area contributed by atoms with Gasteiger partial charge in [0.1, 0.15) is 0 Å². The van der Waals surface area contributed by atoms with Crippen molar-refractivity contribution in [1.29, 1.82) is 0 Å². The molecule has 0 spiro atoms. The van der Waals surface area contributed by atoms with E-state index in [9.17, 15) is 4.79 Å². The van der Waals surface area contributed by atoms with Crippen LogP contribution in [-0.4, -0.2) is 9.55 Å². The van der Waals surface area contributed by atoms with E-state index in [1.165, 1.54) is 10.8 Å². The van der Waals surface area contributed by atoms with Gasteiger partial charge in [0.25, 0.3) is 0 Å². The molecule has 2 aromatic heterocycles. The molecule has 0 atom stereocenters. The molecule has 0 aliphatic rings. The van der Waals surface area contributed by atoms with E-state index in [2.05, 4.69) is 33.8 Å². The predicted molar refractivity (Wildman–Crippen MR) is 86.1 cm³/mol. The highest BCUT2D eigenvalue weighted by Crippen LogP contribution is 2.31. The second kappa shape index (κ2) is 4.35. The van der Waals surface area contributed by atoms with Gasteiger partial charge in [0.2, 0.25) is 5.56 Å². The molecule has 0 bridgehead atoms. The van der Waals surface area contributed by atoms with Crippen LogP contribution in [0.3, 0.4) is 0 Å². The maximum atomic E-state index is 11.8. The molecule has 0 radical (unpaired) electrons. The molecule has 0 fully saturated rings. The van der Waals surface area contributed by atoms with E-state index in [1.54, 1.807) is 6.07 Å². The number of benzene rings is 2. The predicted octanol–water partition coefficient (Wildman–Crippen LogP) is 3.78. The van der Waals surface area contributed by atoms with Gasteiger partial charge in [-0.05, 0) is 25.1 Å². The topological polar surface area (TPSA) is 37.8 Å². The van der Waals surface area contributed by atoms with E-state index in [0.717, 1.165) is 22.4 Å². The molecule has 0 aliphatic heterocycles.